The molecule has 0 aliphatic rings. The van der Waals surface area contributed by atoms with E-state index in [0.29, 0.717) is 0 Å². The summed E-state index contributed by atoms with van der Waals surface area (Å²) in [7, 11) is 0. The van der Waals surface area contributed by atoms with E-state index in [1.54, 1.807) is 10.7 Å². The van der Waals surface area contributed by atoms with Gasteiger partial charge in [0, 0.05) is 6.20 Å². The van der Waals surface area contributed by atoms with Gasteiger partial charge in [0.25, 0.3) is 0 Å². The summed E-state index contributed by atoms with van der Waals surface area (Å²) in [6.07, 6.45) is 3.60. The van der Waals surface area contributed by atoms with Crippen molar-refractivity contribution in [2.24, 2.45) is 5.73 Å². The zero-order chi connectivity index (χ0) is 11.7. The van der Waals surface area contributed by atoms with E-state index in [9.17, 15) is 0 Å². The van der Waals surface area contributed by atoms with Crippen LogP contribution in [0.3, 0.4) is 0 Å². The molecule has 1 aromatic carbocycles. The van der Waals surface area contributed by atoms with E-state index in [1.165, 1.54) is 0 Å². The van der Waals surface area contributed by atoms with Gasteiger partial charge in [-0.05, 0) is 17.7 Å². The van der Waals surface area contributed by atoms with Crippen LogP contribution in [0.2, 0.25) is 0 Å². The van der Waals surface area contributed by atoms with Gasteiger partial charge in [0.2, 0.25) is 0 Å². The maximum Gasteiger partial charge on any atom is 0.153 e. The molecule has 1 unspecified atom stereocenters. The van der Waals surface area contributed by atoms with Crippen LogP contribution < -0.4 is 5.73 Å². The SMILES string of the molecule is NC(c1ccccc1)c1cn2ncccc2n1. The predicted octanol–water partition coefficient (Wildman–Crippen LogP) is 1.78. The van der Waals surface area contributed by atoms with Crippen molar-refractivity contribution in [3.63, 3.8) is 0 Å². The highest BCUT2D eigenvalue weighted by atomic mass is 15.2. The third kappa shape index (κ3) is 1.79. The van der Waals surface area contributed by atoms with Crippen molar-refractivity contribution in [3.8, 4) is 0 Å². The van der Waals surface area contributed by atoms with E-state index in [4.69, 9.17) is 5.73 Å². The van der Waals surface area contributed by atoms with Gasteiger partial charge < -0.3 is 5.73 Å². The average molecular weight is 224 g/mol. The molecule has 0 amide bonds. The van der Waals surface area contributed by atoms with Gasteiger partial charge in [-0.25, -0.2) is 9.50 Å². The maximum atomic E-state index is 6.18. The zero-order valence-corrected chi connectivity index (χ0v) is 9.19. The molecule has 17 heavy (non-hydrogen) atoms. The van der Waals surface area contributed by atoms with Gasteiger partial charge in [-0.1, -0.05) is 30.3 Å². The van der Waals surface area contributed by atoms with Crippen molar-refractivity contribution in [2.45, 2.75) is 6.04 Å². The van der Waals surface area contributed by atoms with Crippen LogP contribution in [0.5, 0.6) is 0 Å². The van der Waals surface area contributed by atoms with Crippen LogP contribution in [-0.4, -0.2) is 14.6 Å². The van der Waals surface area contributed by atoms with Gasteiger partial charge in [0.05, 0.1) is 17.9 Å². The number of hydrogen-bond donors (Lipinski definition) is 1. The molecule has 3 rings (SSSR count). The first-order valence-corrected chi connectivity index (χ1v) is 5.45. The van der Waals surface area contributed by atoms with E-state index >= 15 is 0 Å². The quantitative estimate of drug-likeness (QED) is 0.721. The van der Waals surface area contributed by atoms with E-state index in [2.05, 4.69) is 10.1 Å². The number of nitrogens with two attached hydrogens (primary N) is 1. The van der Waals surface area contributed by atoms with E-state index in [0.717, 1.165) is 16.9 Å². The van der Waals surface area contributed by atoms with Crippen molar-refractivity contribution in [1.29, 1.82) is 0 Å². The number of rotatable bonds is 2. The van der Waals surface area contributed by atoms with Crippen molar-refractivity contribution in [3.05, 3.63) is 66.1 Å². The lowest BCUT2D eigenvalue weighted by molar-refractivity contribution is 0.835. The van der Waals surface area contributed by atoms with Crippen molar-refractivity contribution in [2.75, 3.05) is 0 Å². The number of fused-ring (bicyclic) bond motifs is 1. The Morgan fingerprint density at radius 3 is 2.65 bits per heavy atom. The van der Waals surface area contributed by atoms with Crippen LogP contribution in [0.4, 0.5) is 0 Å². The Hall–Kier alpha value is -2.20. The lowest BCUT2D eigenvalue weighted by Crippen LogP contribution is -2.11. The predicted molar refractivity (Wildman–Crippen MR) is 65.5 cm³/mol. The summed E-state index contributed by atoms with van der Waals surface area (Å²) in [6, 6.07) is 13.5. The highest BCUT2D eigenvalue weighted by molar-refractivity contribution is 5.39. The highest BCUT2D eigenvalue weighted by Crippen LogP contribution is 2.18. The lowest BCUT2D eigenvalue weighted by Gasteiger charge is -2.07. The topological polar surface area (TPSA) is 56.2 Å². The molecule has 0 fully saturated rings. The number of aromatic nitrogens is 3. The lowest BCUT2D eigenvalue weighted by atomic mass is 10.1. The summed E-state index contributed by atoms with van der Waals surface area (Å²) in [5, 5.41) is 4.18. The number of benzene rings is 1. The zero-order valence-electron chi connectivity index (χ0n) is 9.19. The molecular weight excluding hydrogens is 212 g/mol. The fourth-order valence-electron chi connectivity index (χ4n) is 1.83. The molecule has 0 aliphatic heterocycles. The first kappa shape index (κ1) is 9.99. The molecule has 0 saturated carbocycles. The van der Waals surface area contributed by atoms with Gasteiger partial charge in [-0.2, -0.15) is 5.10 Å². The molecule has 4 heteroatoms. The first-order valence-electron chi connectivity index (χ1n) is 5.45. The van der Waals surface area contributed by atoms with Gasteiger partial charge in [0.1, 0.15) is 0 Å². The molecule has 2 N–H and O–H groups in total. The van der Waals surface area contributed by atoms with Gasteiger partial charge in [0.15, 0.2) is 5.65 Å². The first-order chi connectivity index (χ1) is 8.34. The van der Waals surface area contributed by atoms with Crippen LogP contribution in [0.1, 0.15) is 17.3 Å². The summed E-state index contributed by atoms with van der Waals surface area (Å²) < 4.78 is 1.73. The minimum atomic E-state index is -0.210. The number of imidazole rings is 1. The Labute approximate surface area is 98.7 Å². The highest BCUT2D eigenvalue weighted by Gasteiger charge is 2.12. The second-order valence-corrected chi connectivity index (χ2v) is 3.88. The fourth-order valence-corrected chi connectivity index (χ4v) is 1.83. The molecule has 2 heterocycles. The van der Waals surface area contributed by atoms with Crippen LogP contribution in [-0.2, 0) is 0 Å². The van der Waals surface area contributed by atoms with Crippen molar-refractivity contribution >= 4 is 5.65 Å². The number of nitrogens with zero attached hydrogens (tertiary/aromatic N) is 3. The minimum Gasteiger partial charge on any atom is -0.319 e. The molecule has 1 atom stereocenters. The Morgan fingerprint density at radius 2 is 1.88 bits per heavy atom. The summed E-state index contributed by atoms with van der Waals surface area (Å²) in [4.78, 5) is 4.46. The molecule has 0 spiro atoms. The van der Waals surface area contributed by atoms with Gasteiger partial charge in [-0.15, -0.1) is 0 Å². The molecule has 2 aromatic heterocycles. The maximum absolute atomic E-state index is 6.18. The third-order valence-electron chi connectivity index (χ3n) is 2.73. The summed E-state index contributed by atoms with van der Waals surface area (Å²) in [5.74, 6) is 0. The summed E-state index contributed by atoms with van der Waals surface area (Å²) in [6.45, 7) is 0. The normalized spacial score (nSPS) is 12.8. The van der Waals surface area contributed by atoms with Crippen LogP contribution in [0.15, 0.2) is 54.9 Å². The smallest absolute Gasteiger partial charge is 0.153 e. The monoisotopic (exact) mass is 224 g/mol. The molecule has 0 radical (unpaired) electrons. The standard InChI is InChI=1S/C13H12N4/c14-13(10-5-2-1-3-6-10)11-9-17-12(16-11)7-4-8-15-17/h1-9,13H,14H2. The van der Waals surface area contributed by atoms with Crippen molar-refractivity contribution in [1.82, 2.24) is 14.6 Å². The van der Waals surface area contributed by atoms with Gasteiger partial charge in [-0.3, -0.25) is 0 Å². The number of hydrogen-bond acceptors (Lipinski definition) is 3. The molecule has 0 bridgehead atoms. The molecule has 4 nitrogen and oxygen atoms in total. The Balaban J connectivity index is 2.04. The summed E-state index contributed by atoms with van der Waals surface area (Å²) in [5.41, 5.74) is 8.87. The van der Waals surface area contributed by atoms with E-state index in [1.807, 2.05) is 48.7 Å². The van der Waals surface area contributed by atoms with Gasteiger partial charge >= 0.3 is 0 Å². The summed E-state index contributed by atoms with van der Waals surface area (Å²) >= 11 is 0. The Kier molecular flexibility index (Phi) is 2.34. The minimum absolute atomic E-state index is 0.210. The van der Waals surface area contributed by atoms with Crippen molar-refractivity contribution < 1.29 is 0 Å². The second kappa shape index (κ2) is 3.99. The molecule has 0 saturated heterocycles. The Bertz CT molecular complexity index is 597. The fraction of sp³-hybridized carbons (Fsp3) is 0.0769. The average Bonchev–Trinajstić information content (AvgIpc) is 2.82. The second-order valence-electron chi connectivity index (χ2n) is 3.88. The van der Waals surface area contributed by atoms with E-state index in [-0.39, 0.29) is 6.04 Å². The molecule has 0 aliphatic carbocycles. The van der Waals surface area contributed by atoms with Crippen LogP contribution in [0.25, 0.3) is 5.65 Å². The van der Waals surface area contributed by atoms with E-state index < -0.39 is 0 Å². The Morgan fingerprint density at radius 1 is 1.06 bits per heavy atom. The molecule has 84 valence electrons. The largest absolute Gasteiger partial charge is 0.319 e. The third-order valence-corrected chi connectivity index (χ3v) is 2.73. The molecule has 3 aromatic rings. The van der Waals surface area contributed by atoms with Crippen LogP contribution in [0, 0.1) is 0 Å². The molecular formula is C13H12N4. The van der Waals surface area contributed by atoms with Crippen LogP contribution >= 0.6 is 0 Å².